The zero-order valence-corrected chi connectivity index (χ0v) is 27.7. The quantitative estimate of drug-likeness (QED) is 0.332. The molecule has 236 valence electrons. The number of ether oxygens (including phenoxy) is 1. The van der Waals surface area contributed by atoms with Gasteiger partial charge in [0, 0.05) is 59.3 Å². The number of benzene rings is 2. The predicted octanol–water partition coefficient (Wildman–Crippen LogP) is 5.84. The number of amides is 2. The third-order valence-electron chi connectivity index (χ3n) is 9.86. The number of fused-ring (bicyclic) bond motifs is 2. The van der Waals surface area contributed by atoms with Gasteiger partial charge in [-0.3, -0.25) is 14.4 Å². The Hall–Kier alpha value is -3.44. The smallest absolute Gasteiger partial charge is 0.307 e. The van der Waals surface area contributed by atoms with Gasteiger partial charge in [0.25, 0.3) is 5.91 Å². The third kappa shape index (κ3) is 5.73. The van der Waals surface area contributed by atoms with E-state index in [0.29, 0.717) is 51.0 Å². The summed E-state index contributed by atoms with van der Waals surface area (Å²) in [6.45, 7) is 4.85. The summed E-state index contributed by atoms with van der Waals surface area (Å²) in [6, 6.07) is 11.2. The highest BCUT2D eigenvalue weighted by Crippen LogP contribution is 2.44. The van der Waals surface area contributed by atoms with Gasteiger partial charge in [0.05, 0.1) is 24.4 Å². The maximum absolute atomic E-state index is 14.4. The molecule has 11 heteroatoms. The number of halogens is 1. The number of aryl methyl sites for hydroxylation is 1. The molecule has 1 unspecified atom stereocenters. The van der Waals surface area contributed by atoms with Gasteiger partial charge in [-0.25, -0.2) is 4.98 Å². The second-order valence-corrected chi connectivity index (χ2v) is 14.7. The van der Waals surface area contributed by atoms with E-state index in [-0.39, 0.29) is 17.9 Å². The Kier molecular flexibility index (Phi) is 8.33. The number of carbonyl (C=O) groups is 3. The molecule has 45 heavy (non-hydrogen) atoms. The molecule has 2 amide bonds. The van der Waals surface area contributed by atoms with Crippen LogP contribution < -0.4 is 9.64 Å². The number of carbonyl (C=O) groups excluding carboxylic acids is 2. The molecule has 4 heterocycles. The molecule has 4 atom stereocenters. The fourth-order valence-corrected chi connectivity index (χ4v) is 8.95. The van der Waals surface area contributed by atoms with E-state index >= 15 is 0 Å². The minimum Gasteiger partial charge on any atom is -0.488 e. The number of carboxylic acid groups (broad SMARTS) is 1. The Labute approximate surface area is 275 Å². The summed E-state index contributed by atoms with van der Waals surface area (Å²) in [7, 11) is 0. The van der Waals surface area contributed by atoms with Crippen LogP contribution in [-0.4, -0.2) is 70.0 Å². The highest BCUT2D eigenvalue weighted by atomic mass is 79.9. The molecule has 9 nitrogen and oxygen atoms in total. The van der Waals surface area contributed by atoms with Gasteiger partial charge in [-0.15, -0.1) is 11.3 Å². The van der Waals surface area contributed by atoms with Crippen molar-refractivity contribution in [3.05, 3.63) is 74.2 Å². The molecule has 1 saturated carbocycles. The van der Waals surface area contributed by atoms with Crippen LogP contribution in [-0.2, 0) is 22.6 Å². The van der Waals surface area contributed by atoms with E-state index in [1.54, 1.807) is 11.3 Å². The van der Waals surface area contributed by atoms with Gasteiger partial charge >= 0.3 is 5.97 Å². The minimum atomic E-state index is -0.903. The zero-order chi connectivity index (χ0) is 31.2. The number of nitrogens with zero attached hydrogens (tertiary/aromatic N) is 4. The minimum absolute atomic E-state index is 0.0474. The van der Waals surface area contributed by atoms with E-state index in [0.717, 1.165) is 57.9 Å². The summed E-state index contributed by atoms with van der Waals surface area (Å²) in [4.78, 5) is 51.9. The van der Waals surface area contributed by atoms with Gasteiger partial charge in [0.1, 0.15) is 11.9 Å². The number of anilines is 1. The average molecular weight is 694 g/mol. The van der Waals surface area contributed by atoms with Gasteiger partial charge in [0.2, 0.25) is 5.91 Å². The number of aromatic nitrogens is 1. The van der Waals surface area contributed by atoms with Crippen molar-refractivity contribution in [2.75, 3.05) is 31.1 Å². The first-order chi connectivity index (χ1) is 21.8. The molecule has 1 N–H and O–H groups in total. The predicted molar refractivity (Wildman–Crippen MR) is 175 cm³/mol. The molecule has 0 bridgehead atoms. The average Bonchev–Trinajstić information content (AvgIpc) is 3.77. The number of thiazole rings is 1. The second-order valence-electron chi connectivity index (χ2n) is 12.6. The lowest BCUT2D eigenvalue weighted by molar-refractivity contribution is -0.153. The van der Waals surface area contributed by atoms with Crippen LogP contribution in [0, 0.1) is 18.8 Å². The van der Waals surface area contributed by atoms with Crippen molar-refractivity contribution in [1.29, 1.82) is 0 Å². The van der Waals surface area contributed by atoms with E-state index in [1.807, 2.05) is 52.4 Å². The van der Waals surface area contributed by atoms with Crippen LogP contribution >= 0.6 is 27.3 Å². The largest absolute Gasteiger partial charge is 0.488 e. The molecule has 3 aromatic rings. The normalized spacial score (nSPS) is 24.5. The molecule has 2 aromatic carbocycles. The summed E-state index contributed by atoms with van der Waals surface area (Å²) < 4.78 is 7.73. The molecule has 1 aromatic heterocycles. The Balaban J connectivity index is 1.23. The lowest BCUT2D eigenvalue weighted by Crippen LogP contribution is -2.50. The Morgan fingerprint density at radius 3 is 2.64 bits per heavy atom. The maximum atomic E-state index is 14.4. The van der Waals surface area contributed by atoms with Crippen molar-refractivity contribution in [3.63, 3.8) is 0 Å². The molecule has 2 fully saturated rings. The lowest BCUT2D eigenvalue weighted by Gasteiger charge is -2.43. The molecule has 0 spiro atoms. The molecule has 0 radical (unpaired) electrons. The van der Waals surface area contributed by atoms with Crippen LogP contribution in [0.4, 0.5) is 5.13 Å². The fourth-order valence-electron chi connectivity index (χ4n) is 7.61. The van der Waals surface area contributed by atoms with Crippen LogP contribution in [0.25, 0.3) is 0 Å². The highest BCUT2D eigenvalue weighted by molar-refractivity contribution is 9.10. The van der Waals surface area contributed by atoms with Gasteiger partial charge in [-0.05, 0) is 55.5 Å². The molecule has 3 aliphatic heterocycles. The first kappa shape index (κ1) is 30.2. The van der Waals surface area contributed by atoms with Gasteiger partial charge in [0.15, 0.2) is 5.13 Å². The van der Waals surface area contributed by atoms with E-state index in [1.165, 1.54) is 4.88 Å². The van der Waals surface area contributed by atoms with Crippen LogP contribution in [0.15, 0.2) is 47.1 Å². The van der Waals surface area contributed by atoms with Crippen LogP contribution in [0.1, 0.15) is 70.1 Å². The first-order valence-corrected chi connectivity index (χ1v) is 17.4. The lowest BCUT2D eigenvalue weighted by atomic mass is 9.77. The second kappa shape index (κ2) is 12.4. The van der Waals surface area contributed by atoms with Crippen LogP contribution in [0.3, 0.4) is 0 Å². The van der Waals surface area contributed by atoms with Crippen molar-refractivity contribution in [1.82, 2.24) is 14.8 Å². The Morgan fingerprint density at radius 1 is 1.09 bits per heavy atom. The van der Waals surface area contributed by atoms with Crippen molar-refractivity contribution >= 4 is 50.2 Å². The molecular weight excluding hydrogens is 656 g/mol. The Bertz CT molecular complexity index is 1640. The molecule has 1 saturated heterocycles. The SMILES string of the molecule is Cc1cnc(N2CC[C@H](Oc3ccc(Br)c4c3[C@@H](CN3Cc5ccccc5C3=O)N(C(=O)C3CCCC[C@H]3C(=O)O)CC4)C2)s1. The van der Waals surface area contributed by atoms with Crippen molar-refractivity contribution in [3.8, 4) is 5.75 Å². The summed E-state index contributed by atoms with van der Waals surface area (Å²) in [5.74, 6) is -1.62. The number of hydrogen-bond acceptors (Lipinski definition) is 7. The topological polar surface area (TPSA) is 103 Å². The number of rotatable bonds is 7. The number of carboxylic acids is 1. The van der Waals surface area contributed by atoms with Crippen molar-refractivity contribution in [2.24, 2.45) is 11.8 Å². The molecule has 1 aliphatic carbocycles. The van der Waals surface area contributed by atoms with E-state index in [9.17, 15) is 19.5 Å². The maximum Gasteiger partial charge on any atom is 0.307 e. The fraction of sp³-hybridized carbons (Fsp3) is 0.471. The van der Waals surface area contributed by atoms with Crippen LogP contribution in [0.5, 0.6) is 5.75 Å². The molecule has 4 aliphatic rings. The van der Waals surface area contributed by atoms with Gasteiger partial charge < -0.3 is 24.5 Å². The van der Waals surface area contributed by atoms with E-state index in [4.69, 9.17) is 4.74 Å². The summed E-state index contributed by atoms with van der Waals surface area (Å²) in [5.41, 5.74) is 3.66. The van der Waals surface area contributed by atoms with Gasteiger partial charge in [-0.1, -0.05) is 47.0 Å². The van der Waals surface area contributed by atoms with Crippen LogP contribution in [0.2, 0.25) is 0 Å². The summed E-state index contributed by atoms with van der Waals surface area (Å²) >= 11 is 5.46. The Morgan fingerprint density at radius 2 is 1.89 bits per heavy atom. The standard InChI is InChI=1S/C34H37BrN4O5S/c1-20-16-36-34(45-20)37-14-12-22(18-37)44-29-11-10-27(35)26-13-15-39(32(41)24-8-4-5-9-25(24)33(42)43)28(30(26)29)19-38-17-21-6-2-3-7-23(21)31(38)40/h2-3,6-7,10-11,16,22,24-25,28H,4-5,8-9,12-15,17-19H2,1H3,(H,42,43)/t22-,24?,25+,28+/m0/s1. The summed E-state index contributed by atoms with van der Waals surface area (Å²) in [5, 5.41) is 11.0. The summed E-state index contributed by atoms with van der Waals surface area (Å²) in [6.07, 6.45) is 6.03. The zero-order valence-electron chi connectivity index (χ0n) is 25.3. The monoisotopic (exact) mass is 692 g/mol. The highest BCUT2D eigenvalue weighted by Gasteiger charge is 2.44. The van der Waals surface area contributed by atoms with Crippen molar-refractivity contribution in [2.45, 2.75) is 64.1 Å². The molecule has 7 rings (SSSR count). The van der Waals surface area contributed by atoms with E-state index < -0.39 is 23.8 Å². The number of aliphatic carboxylic acids is 1. The first-order valence-electron chi connectivity index (χ1n) is 15.8. The van der Waals surface area contributed by atoms with Crippen molar-refractivity contribution < 1.29 is 24.2 Å². The van der Waals surface area contributed by atoms with E-state index in [2.05, 4.69) is 32.7 Å². The third-order valence-corrected chi connectivity index (χ3v) is 11.6. The van der Waals surface area contributed by atoms with Gasteiger partial charge in [-0.2, -0.15) is 0 Å². The number of hydrogen-bond donors (Lipinski definition) is 1. The molecular formula is C34H37BrN4O5S.